The molecule has 1 aliphatic heterocycles. The number of nitrogens with zero attached hydrogens (tertiary/aromatic N) is 1. The van der Waals surface area contributed by atoms with E-state index in [4.69, 9.17) is 0 Å². The summed E-state index contributed by atoms with van der Waals surface area (Å²) in [6, 6.07) is 4.64. The van der Waals surface area contributed by atoms with Crippen LogP contribution in [-0.4, -0.2) is 11.4 Å². The SMILES string of the molecule is CSC1=NSc2cc(F)ccc2N1. The molecular weight excluding hydrogens is 207 g/mol. The van der Waals surface area contributed by atoms with E-state index in [1.807, 2.05) is 6.26 Å². The van der Waals surface area contributed by atoms with E-state index in [1.54, 1.807) is 6.07 Å². The molecule has 0 atom stereocenters. The second-order valence-electron chi connectivity index (χ2n) is 2.46. The summed E-state index contributed by atoms with van der Waals surface area (Å²) < 4.78 is 16.9. The standard InChI is InChI=1S/C8H7FN2S2/c1-12-8-10-6-3-2-5(9)4-7(6)13-11-8/h2-4H,1H3,(H,10,11). The fourth-order valence-electron chi connectivity index (χ4n) is 0.992. The van der Waals surface area contributed by atoms with Gasteiger partial charge >= 0.3 is 0 Å². The summed E-state index contributed by atoms with van der Waals surface area (Å²) in [6.45, 7) is 0. The summed E-state index contributed by atoms with van der Waals surface area (Å²) in [5, 5.41) is 3.95. The lowest BCUT2D eigenvalue weighted by atomic mass is 10.3. The van der Waals surface area contributed by atoms with E-state index in [2.05, 4.69) is 9.71 Å². The van der Waals surface area contributed by atoms with Gasteiger partial charge < -0.3 is 5.32 Å². The lowest BCUT2D eigenvalue weighted by Gasteiger charge is -2.15. The molecule has 0 bridgehead atoms. The van der Waals surface area contributed by atoms with Crippen LogP contribution in [0.4, 0.5) is 10.1 Å². The van der Waals surface area contributed by atoms with Crippen molar-refractivity contribution >= 4 is 34.6 Å². The highest BCUT2D eigenvalue weighted by molar-refractivity contribution is 8.14. The van der Waals surface area contributed by atoms with Crippen LogP contribution in [0.25, 0.3) is 0 Å². The maximum Gasteiger partial charge on any atom is 0.173 e. The maximum atomic E-state index is 12.8. The molecule has 5 heteroatoms. The van der Waals surface area contributed by atoms with Crippen LogP contribution in [0.5, 0.6) is 0 Å². The van der Waals surface area contributed by atoms with Gasteiger partial charge in [0.2, 0.25) is 0 Å². The van der Waals surface area contributed by atoms with E-state index in [0.29, 0.717) is 0 Å². The predicted octanol–water partition coefficient (Wildman–Crippen LogP) is 2.98. The van der Waals surface area contributed by atoms with Gasteiger partial charge in [-0.15, -0.1) is 0 Å². The van der Waals surface area contributed by atoms with Gasteiger partial charge in [0, 0.05) is 11.9 Å². The zero-order valence-electron chi connectivity index (χ0n) is 6.87. The highest BCUT2D eigenvalue weighted by atomic mass is 32.2. The third kappa shape index (κ3) is 1.81. The first-order valence-electron chi connectivity index (χ1n) is 3.65. The molecule has 2 nitrogen and oxygen atoms in total. The molecule has 1 aromatic carbocycles. The van der Waals surface area contributed by atoms with E-state index in [1.165, 1.54) is 35.8 Å². The van der Waals surface area contributed by atoms with Crippen molar-refractivity contribution in [3.63, 3.8) is 0 Å². The zero-order valence-corrected chi connectivity index (χ0v) is 8.51. The lowest BCUT2D eigenvalue weighted by molar-refractivity contribution is 0.624. The Hall–Kier alpha value is -0.680. The van der Waals surface area contributed by atoms with Crippen molar-refractivity contribution in [2.45, 2.75) is 4.90 Å². The highest BCUT2D eigenvalue weighted by Crippen LogP contribution is 2.33. The molecule has 13 heavy (non-hydrogen) atoms. The number of nitrogens with one attached hydrogen (secondary N) is 1. The van der Waals surface area contributed by atoms with Gasteiger partial charge in [0.1, 0.15) is 5.82 Å². The first-order chi connectivity index (χ1) is 6.29. The molecule has 0 fully saturated rings. The molecule has 2 rings (SSSR count). The number of halogens is 1. The molecular formula is C8H7FN2S2. The van der Waals surface area contributed by atoms with Crippen molar-refractivity contribution in [3.05, 3.63) is 24.0 Å². The molecule has 0 aliphatic carbocycles. The number of rotatable bonds is 0. The summed E-state index contributed by atoms with van der Waals surface area (Å²) in [4.78, 5) is 0.831. The van der Waals surface area contributed by atoms with E-state index in [0.717, 1.165) is 15.8 Å². The number of hydrogen-bond donors (Lipinski definition) is 1. The Kier molecular flexibility index (Phi) is 2.46. The molecule has 1 heterocycles. The Morgan fingerprint density at radius 2 is 2.38 bits per heavy atom. The number of benzene rings is 1. The molecule has 0 aromatic heterocycles. The van der Waals surface area contributed by atoms with Gasteiger partial charge in [-0.1, -0.05) is 11.8 Å². The Balaban J connectivity index is 2.33. The number of thioether (sulfide) groups is 1. The molecule has 1 aliphatic rings. The number of hydrogen-bond acceptors (Lipinski definition) is 4. The smallest absolute Gasteiger partial charge is 0.173 e. The number of amidine groups is 1. The summed E-state index contributed by atoms with van der Waals surface area (Å²) in [5.74, 6) is -0.226. The van der Waals surface area contributed by atoms with Crippen molar-refractivity contribution in [2.75, 3.05) is 11.6 Å². The van der Waals surface area contributed by atoms with E-state index in [-0.39, 0.29) is 5.82 Å². The number of anilines is 1. The Morgan fingerprint density at radius 3 is 3.15 bits per heavy atom. The Labute approximate surface area is 84.1 Å². The largest absolute Gasteiger partial charge is 0.333 e. The predicted molar refractivity (Wildman–Crippen MR) is 56.8 cm³/mol. The van der Waals surface area contributed by atoms with E-state index in [9.17, 15) is 4.39 Å². The van der Waals surface area contributed by atoms with Crippen molar-refractivity contribution in [1.29, 1.82) is 0 Å². The molecule has 68 valence electrons. The van der Waals surface area contributed by atoms with Crippen LogP contribution in [-0.2, 0) is 0 Å². The van der Waals surface area contributed by atoms with Gasteiger partial charge in [0.25, 0.3) is 0 Å². The van der Waals surface area contributed by atoms with E-state index >= 15 is 0 Å². The fraction of sp³-hybridized carbons (Fsp3) is 0.125. The second-order valence-corrected chi connectivity index (χ2v) is 4.06. The van der Waals surface area contributed by atoms with Gasteiger partial charge in [-0.3, -0.25) is 0 Å². The van der Waals surface area contributed by atoms with Gasteiger partial charge in [-0.05, 0) is 24.5 Å². The third-order valence-corrected chi connectivity index (χ3v) is 3.11. The molecule has 1 aromatic rings. The Bertz CT molecular complexity index is 365. The molecule has 0 saturated carbocycles. The van der Waals surface area contributed by atoms with Crippen LogP contribution in [0.2, 0.25) is 0 Å². The molecule has 0 radical (unpaired) electrons. The van der Waals surface area contributed by atoms with Crippen LogP contribution in [0.3, 0.4) is 0 Å². The maximum absolute atomic E-state index is 12.8. The number of fused-ring (bicyclic) bond motifs is 1. The van der Waals surface area contributed by atoms with Gasteiger partial charge in [-0.25, -0.2) is 4.39 Å². The van der Waals surface area contributed by atoms with Crippen molar-refractivity contribution in [3.8, 4) is 0 Å². The Morgan fingerprint density at radius 1 is 1.54 bits per heavy atom. The van der Waals surface area contributed by atoms with Crippen molar-refractivity contribution in [2.24, 2.45) is 4.40 Å². The first-order valence-corrected chi connectivity index (χ1v) is 5.65. The minimum Gasteiger partial charge on any atom is -0.333 e. The average molecular weight is 214 g/mol. The van der Waals surface area contributed by atoms with Crippen LogP contribution in [0, 0.1) is 5.82 Å². The molecule has 0 unspecified atom stereocenters. The zero-order chi connectivity index (χ0) is 9.26. The topological polar surface area (TPSA) is 24.4 Å². The van der Waals surface area contributed by atoms with Gasteiger partial charge in [0.05, 0.1) is 10.6 Å². The van der Waals surface area contributed by atoms with E-state index < -0.39 is 0 Å². The summed E-state index contributed by atoms with van der Waals surface area (Å²) in [5.41, 5.74) is 0.922. The summed E-state index contributed by atoms with van der Waals surface area (Å²) in [7, 11) is 0. The fourth-order valence-corrected chi connectivity index (χ4v) is 2.22. The van der Waals surface area contributed by atoms with Crippen LogP contribution >= 0.6 is 23.7 Å². The molecule has 0 amide bonds. The third-order valence-electron chi connectivity index (χ3n) is 1.61. The van der Waals surface area contributed by atoms with Crippen molar-refractivity contribution < 1.29 is 4.39 Å². The second kappa shape index (κ2) is 3.59. The first kappa shape index (κ1) is 8.90. The molecule has 1 N–H and O–H groups in total. The normalized spacial score (nSPS) is 14.5. The van der Waals surface area contributed by atoms with Crippen molar-refractivity contribution in [1.82, 2.24) is 0 Å². The minimum absolute atomic E-state index is 0.226. The minimum atomic E-state index is -0.226. The lowest BCUT2D eigenvalue weighted by Crippen LogP contribution is -2.10. The van der Waals surface area contributed by atoms with Gasteiger partial charge in [-0.2, -0.15) is 4.40 Å². The average Bonchev–Trinajstić information content (AvgIpc) is 2.17. The van der Waals surface area contributed by atoms with Crippen LogP contribution in [0.15, 0.2) is 27.5 Å². The molecule has 0 saturated heterocycles. The van der Waals surface area contributed by atoms with Gasteiger partial charge in [0.15, 0.2) is 5.17 Å². The quantitative estimate of drug-likeness (QED) is 0.672. The van der Waals surface area contributed by atoms with Crippen LogP contribution in [0.1, 0.15) is 0 Å². The monoisotopic (exact) mass is 214 g/mol. The summed E-state index contributed by atoms with van der Waals surface area (Å²) >= 11 is 2.84. The molecule has 0 spiro atoms. The summed E-state index contributed by atoms with van der Waals surface area (Å²) in [6.07, 6.45) is 1.95. The highest BCUT2D eigenvalue weighted by Gasteiger charge is 2.11. The van der Waals surface area contributed by atoms with Crippen LogP contribution < -0.4 is 5.32 Å².